The molecule has 0 spiro atoms. The Bertz CT molecular complexity index is 296. The average molecular weight is 203 g/mol. The lowest BCUT2D eigenvalue weighted by atomic mass is 10.1. The Hall–Kier alpha value is -1.13. The van der Waals surface area contributed by atoms with Crippen LogP contribution < -0.4 is 5.73 Å². The van der Waals surface area contributed by atoms with Gasteiger partial charge in [-0.1, -0.05) is 6.92 Å². The molecule has 0 aliphatic carbocycles. The Morgan fingerprint density at radius 3 is 2.64 bits per heavy atom. The third kappa shape index (κ3) is 2.68. The molecular weight excluding hydrogens is 188 g/mol. The molecule has 0 saturated carbocycles. The van der Waals surface area contributed by atoms with Gasteiger partial charge in [-0.3, -0.25) is 4.68 Å². The first-order chi connectivity index (χ1) is 6.50. The summed E-state index contributed by atoms with van der Waals surface area (Å²) in [6.45, 7) is 4.11. The van der Waals surface area contributed by atoms with Crippen LogP contribution in [0.1, 0.15) is 19.0 Å². The molecule has 0 aliphatic heterocycles. The molecule has 1 aromatic heterocycles. The van der Waals surface area contributed by atoms with Crippen LogP contribution in [-0.2, 0) is 6.54 Å². The van der Waals surface area contributed by atoms with E-state index in [2.05, 4.69) is 5.10 Å². The summed E-state index contributed by atoms with van der Waals surface area (Å²) in [5.41, 5.74) is 7.03. The highest BCUT2D eigenvalue weighted by molar-refractivity contribution is 5.39. The Labute approximate surface area is 81.9 Å². The highest BCUT2D eigenvalue weighted by Gasteiger charge is 2.12. The third-order valence-corrected chi connectivity index (χ3v) is 2.21. The molecule has 1 unspecified atom stereocenters. The summed E-state index contributed by atoms with van der Waals surface area (Å²) in [5, 5.41) is 4.01. The zero-order valence-corrected chi connectivity index (χ0v) is 8.37. The molecule has 80 valence electrons. The molecule has 0 aromatic carbocycles. The van der Waals surface area contributed by atoms with Crippen LogP contribution in [0.2, 0.25) is 0 Å². The molecule has 0 fully saturated rings. The van der Waals surface area contributed by atoms with E-state index < -0.39 is 6.43 Å². The summed E-state index contributed by atoms with van der Waals surface area (Å²) >= 11 is 0. The van der Waals surface area contributed by atoms with Gasteiger partial charge in [-0.15, -0.1) is 0 Å². The van der Waals surface area contributed by atoms with Gasteiger partial charge in [0.2, 0.25) is 6.43 Å². The molecule has 0 radical (unpaired) electrons. The van der Waals surface area contributed by atoms with Crippen LogP contribution in [0.4, 0.5) is 14.5 Å². The number of nitrogens with two attached hydrogens (primary N) is 1. The monoisotopic (exact) mass is 203 g/mol. The average Bonchev–Trinajstić information content (AvgIpc) is 2.34. The fourth-order valence-corrected chi connectivity index (χ4v) is 1.32. The number of nitrogen functional groups attached to an aromatic ring is 1. The van der Waals surface area contributed by atoms with Crippen molar-refractivity contribution in [2.45, 2.75) is 33.2 Å². The van der Waals surface area contributed by atoms with Crippen molar-refractivity contribution in [2.75, 3.05) is 5.73 Å². The number of halogens is 2. The summed E-state index contributed by atoms with van der Waals surface area (Å²) in [6.07, 6.45) is -0.804. The first kappa shape index (κ1) is 10.9. The summed E-state index contributed by atoms with van der Waals surface area (Å²) in [6, 6.07) is 0. The quantitative estimate of drug-likeness (QED) is 0.814. The van der Waals surface area contributed by atoms with Crippen LogP contribution >= 0.6 is 0 Å². The molecule has 1 heterocycles. The Kier molecular flexibility index (Phi) is 3.43. The van der Waals surface area contributed by atoms with Gasteiger partial charge in [-0.05, 0) is 12.8 Å². The number of aromatic nitrogens is 2. The van der Waals surface area contributed by atoms with Crippen molar-refractivity contribution in [2.24, 2.45) is 5.92 Å². The van der Waals surface area contributed by atoms with Gasteiger partial charge < -0.3 is 5.73 Å². The number of rotatable bonds is 4. The van der Waals surface area contributed by atoms with E-state index in [0.717, 1.165) is 5.69 Å². The minimum atomic E-state index is -2.25. The maximum atomic E-state index is 12.0. The second-order valence-corrected chi connectivity index (χ2v) is 3.60. The number of nitrogens with zero attached hydrogens (tertiary/aromatic N) is 2. The molecule has 0 bridgehead atoms. The van der Waals surface area contributed by atoms with Gasteiger partial charge in [-0.25, -0.2) is 8.78 Å². The van der Waals surface area contributed by atoms with E-state index >= 15 is 0 Å². The van der Waals surface area contributed by atoms with Crippen LogP contribution in [0.5, 0.6) is 0 Å². The van der Waals surface area contributed by atoms with Crippen molar-refractivity contribution < 1.29 is 8.78 Å². The first-order valence-electron chi connectivity index (χ1n) is 4.56. The lowest BCUT2D eigenvalue weighted by molar-refractivity contribution is 0.113. The smallest absolute Gasteiger partial charge is 0.239 e. The minimum Gasteiger partial charge on any atom is -0.396 e. The molecule has 0 aliphatic rings. The molecule has 5 heteroatoms. The summed E-state index contributed by atoms with van der Waals surface area (Å²) in [4.78, 5) is 0. The summed E-state index contributed by atoms with van der Waals surface area (Å²) in [7, 11) is 0. The highest BCUT2D eigenvalue weighted by atomic mass is 19.3. The number of anilines is 1. The van der Waals surface area contributed by atoms with Crippen LogP contribution in [0.25, 0.3) is 0 Å². The van der Waals surface area contributed by atoms with Gasteiger partial charge in [0.05, 0.1) is 17.6 Å². The topological polar surface area (TPSA) is 43.8 Å². The Morgan fingerprint density at radius 2 is 2.21 bits per heavy atom. The van der Waals surface area contributed by atoms with Crippen molar-refractivity contribution in [1.29, 1.82) is 0 Å². The molecule has 2 N–H and O–H groups in total. The molecule has 1 atom stereocenters. The van der Waals surface area contributed by atoms with Crippen LogP contribution in [0, 0.1) is 12.8 Å². The van der Waals surface area contributed by atoms with Gasteiger partial charge in [0.15, 0.2) is 0 Å². The fourth-order valence-electron chi connectivity index (χ4n) is 1.32. The van der Waals surface area contributed by atoms with Gasteiger partial charge in [0, 0.05) is 13.0 Å². The highest BCUT2D eigenvalue weighted by Crippen LogP contribution is 2.15. The predicted molar refractivity (Wildman–Crippen MR) is 51.2 cm³/mol. The third-order valence-electron chi connectivity index (χ3n) is 2.21. The van der Waals surface area contributed by atoms with E-state index in [-0.39, 0.29) is 12.3 Å². The van der Waals surface area contributed by atoms with E-state index in [9.17, 15) is 8.78 Å². The predicted octanol–water partition coefficient (Wildman–Crippen LogP) is 2.07. The lowest BCUT2D eigenvalue weighted by Gasteiger charge is -2.12. The van der Waals surface area contributed by atoms with E-state index in [1.807, 2.05) is 6.92 Å². The molecule has 0 saturated heterocycles. The Balaban J connectivity index is 2.56. The number of alkyl halides is 2. The lowest BCUT2D eigenvalue weighted by Crippen LogP contribution is -2.13. The first-order valence-corrected chi connectivity index (χ1v) is 4.56. The maximum absolute atomic E-state index is 12.0. The van der Waals surface area contributed by atoms with E-state index in [0.29, 0.717) is 12.2 Å². The fraction of sp³-hybridized carbons (Fsp3) is 0.667. The Morgan fingerprint density at radius 1 is 1.57 bits per heavy atom. The van der Waals surface area contributed by atoms with Crippen molar-refractivity contribution in [1.82, 2.24) is 9.78 Å². The number of hydrogen-bond acceptors (Lipinski definition) is 2. The van der Waals surface area contributed by atoms with Crippen LogP contribution in [0.3, 0.4) is 0 Å². The SMILES string of the molecule is Cc1c(N)cnn1CC(C)CC(F)F. The molecular formula is C9H15F2N3. The maximum Gasteiger partial charge on any atom is 0.239 e. The summed E-state index contributed by atoms with van der Waals surface area (Å²) in [5.74, 6) is -0.0898. The van der Waals surface area contributed by atoms with E-state index in [1.54, 1.807) is 17.8 Å². The van der Waals surface area contributed by atoms with Gasteiger partial charge in [0.25, 0.3) is 0 Å². The standard InChI is InChI=1S/C9H15F2N3/c1-6(3-9(10)11)5-14-7(2)8(12)4-13-14/h4,6,9H,3,5,12H2,1-2H3. The van der Waals surface area contributed by atoms with Crippen molar-refractivity contribution in [3.63, 3.8) is 0 Å². The minimum absolute atomic E-state index is 0.0898. The van der Waals surface area contributed by atoms with Crippen LogP contribution in [0.15, 0.2) is 6.20 Å². The molecule has 14 heavy (non-hydrogen) atoms. The van der Waals surface area contributed by atoms with Crippen molar-refractivity contribution >= 4 is 5.69 Å². The molecule has 3 nitrogen and oxygen atoms in total. The van der Waals surface area contributed by atoms with Crippen LogP contribution in [-0.4, -0.2) is 16.2 Å². The molecule has 1 rings (SSSR count). The van der Waals surface area contributed by atoms with Crippen molar-refractivity contribution in [3.8, 4) is 0 Å². The van der Waals surface area contributed by atoms with Gasteiger partial charge >= 0.3 is 0 Å². The number of hydrogen-bond donors (Lipinski definition) is 1. The van der Waals surface area contributed by atoms with E-state index in [1.165, 1.54) is 0 Å². The summed E-state index contributed by atoms with van der Waals surface area (Å²) < 4.78 is 25.7. The largest absolute Gasteiger partial charge is 0.396 e. The zero-order valence-electron chi connectivity index (χ0n) is 8.37. The normalized spacial score (nSPS) is 13.5. The van der Waals surface area contributed by atoms with Gasteiger partial charge in [-0.2, -0.15) is 5.10 Å². The second kappa shape index (κ2) is 4.39. The van der Waals surface area contributed by atoms with Crippen molar-refractivity contribution in [3.05, 3.63) is 11.9 Å². The molecule has 1 aromatic rings. The second-order valence-electron chi connectivity index (χ2n) is 3.60. The van der Waals surface area contributed by atoms with Gasteiger partial charge in [0.1, 0.15) is 0 Å². The molecule has 0 amide bonds. The van der Waals surface area contributed by atoms with E-state index in [4.69, 9.17) is 5.73 Å². The zero-order chi connectivity index (χ0) is 10.7.